The van der Waals surface area contributed by atoms with E-state index < -0.39 is 0 Å². The SMILES string of the molecule is Cc1ccc2c(c1C)C(Nc1ccccc1)=B2. The van der Waals surface area contributed by atoms with E-state index in [1.165, 1.54) is 27.7 Å². The minimum absolute atomic E-state index is 1.14. The molecular formula is C15H14BN. The zero-order valence-electron chi connectivity index (χ0n) is 10.1. The van der Waals surface area contributed by atoms with Crippen molar-refractivity contribution in [3.63, 3.8) is 0 Å². The Balaban J connectivity index is 1.91. The molecular weight excluding hydrogens is 205 g/mol. The summed E-state index contributed by atoms with van der Waals surface area (Å²) in [6, 6.07) is 14.7. The molecule has 0 bridgehead atoms. The Labute approximate surface area is 102 Å². The molecule has 0 amide bonds. The van der Waals surface area contributed by atoms with Crippen molar-refractivity contribution in [1.82, 2.24) is 0 Å². The first-order valence-electron chi connectivity index (χ1n) is 5.90. The molecule has 0 fully saturated rings. The summed E-state index contributed by atoms with van der Waals surface area (Å²) in [5, 5.41) is 3.46. The van der Waals surface area contributed by atoms with Gasteiger partial charge in [0.2, 0.25) is 0 Å². The van der Waals surface area contributed by atoms with Crippen LogP contribution in [0.15, 0.2) is 42.5 Å². The molecule has 2 aromatic rings. The molecule has 0 saturated heterocycles. The second kappa shape index (κ2) is 3.88. The van der Waals surface area contributed by atoms with E-state index in [1.807, 2.05) is 18.2 Å². The van der Waals surface area contributed by atoms with Crippen molar-refractivity contribution in [2.45, 2.75) is 13.8 Å². The third kappa shape index (κ3) is 1.70. The number of fused-ring (bicyclic) bond motifs is 1. The van der Waals surface area contributed by atoms with Gasteiger partial charge in [-0.1, -0.05) is 0 Å². The average Bonchev–Trinajstić information content (AvgIpc) is 2.32. The van der Waals surface area contributed by atoms with Crippen molar-refractivity contribution in [3.8, 4) is 0 Å². The zero-order chi connectivity index (χ0) is 11.8. The zero-order valence-corrected chi connectivity index (χ0v) is 10.1. The molecule has 0 aliphatic carbocycles. The Hall–Kier alpha value is -1.83. The summed E-state index contributed by atoms with van der Waals surface area (Å²) in [5.41, 5.74) is 7.81. The van der Waals surface area contributed by atoms with E-state index in [4.69, 9.17) is 0 Å². The van der Waals surface area contributed by atoms with Crippen LogP contribution in [0.1, 0.15) is 16.7 Å². The van der Waals surface area contributed by atoms with Crippen LogP contribution in [0.5, 0.6) is 0 Å². The Bertz CT molecular complexity index is 600. The molecule has 3 rings (SSSR count). The quantitative estimate of drug-likeness (QED) is 0.763. The van der Waals surface area contributed by atoms with E-state index >= 15 is 0 Å². The van der Waals surface area contributed by atoms with Gasteiger partial charge in [0.05, 0.1) is 0 Å². The van der Waals surface area contributed by atoms with Crippen LogP contribution < -0.4 is 10.8 Å². The number of hydrogen-bond acceptors (Lipinski definition) is 1. The first-order valence-corrected chi connectivity index (χ1v) is 5.90. The van der Waals surface area contributed by atoms with E-state index in [2.05, 4.69) is 50.4 Å². The monoisotopic (exact) mass is 219 g/mol. The van der Waals surface area contributed by atoms with Crippen LogP contribution in [-0.4, -0.2) is 12.5 Å². The molecule has 1 aliphatic heterocycles. The standard InChI is InChI=1S/C15H14BN/c1-10-8-9-13-14(11(10)2)15(16-13)17-12-6-4-3-5-7-12/h3-9,17H,1-2H3. The van der Waals surface area contributed by atoms with Gasteiger partial charge in [-0.05, 0) is 0 Å². The first-order chi connectivity index (χ1) is 8.25. The van der Waals surface area contributed by atoms with Crippen LogP contribution in [0.3, 0.4) is 0 Å². The molecule has 17 heavy (non-hydrogen) atoms. The summed E-state index contributed by atoms with van der Waals surface area (Å²) in [4.78, 5) is 0. The number of hydrogen-bond donors (Lipinski definition) is 1. The van der Waals surface area contributed by atoms with Gasteiger partial charge in [0.1, 0.15) is 0 Å². The minimum atomic E-state index is 1.14. The molecule has 0 unspecified atom stereocenters. The summed E-state index contributed by atoms with van der Waals surface area (Å²) in [6.07, 6.45) is 0. The van der Waals surface area contributed by atoms with Gasteiger partial charge < -0.3 is 0 Å². The molecule has 0 aromatic heterocycles. The molecule has 2 aromatic carbocycles. The fourth-order valence-corrected chi connectivity index (χ4v) is 2.24. The second-order valence-corrected chi connectivity index (χ2v) is 4.52. The number of benzene rings is 2. The van der Waals surface area contributed by atoms with Gasteiger partial charge in [-0.15, -0.1) is 0 Å². The average molecular weight is 219 g/mol. The van der Waals surface area contributed by atoms with Gasteiger partial charge in [-0.2, -0.15) is 0 Å². The maximum atomic E-state index is 3.46. The fourth-order valence-electron chi connectivity index (χ4n) is 2.24. The number of rotatable bonds is 2. The fraction of sp³-hybridized carbons (Fsp3) is 0.133. The summed E-state index contributed by atoms with van der Waals surface area (Å²) < 4.78 is 0. The van der Waals surface area contributed by atoms with Crippen LogP contribution in [0.4, 0.5) is 5.69 Å². The third-order valence-electron chi connectivity index (χ3n) is 3.39. The molecule has 0 radical (unpaired) electrons. The van der Waals surface area contributed by atoms with E-state index in [1.54, 1.807) is 0 Å². The molecule has 1 aliphatic rings. The van der Waals surface area contributed by atoms with Gasteiger partial charge in [0, 0.05) is 0 Å². The van der Waals surface area contributed by atoms with E-state index in [0.717, 1.165) is 5.69 Å². The van der Waals surface area contributed by atoms with E-state index in [0.29, 0.717) is 0 Å². The topological polar surface area (TPSA) is 12.0 Å². The molecule has 2 heteroatoms. The summed E-state index contributed by atoms with van der Waals surface area (Å²) in [7, 11) is 0. The number of aryl methyl sites for hydroxylation is 1. The van der Waals surface area contributed by atoms with Gasteiger partial charge in [0.15, 0.2) is 0 Å². The van der Waals surface area contributed by atoms with E-state index in [-0.39, 0.29) is 0 Å². The molecule has 0 saturated carbocycles. The van der Waals surface area contributed by atoms with Gasteiger partial charge in [-0.25, -0.2) is 0 Å². The van der Waals surface area contributed by atoms with Gasteiger partial charge in [0.25, 0.3) is 0 Å². The van der Waals surface area contributed by atoms with Crippen LogP contribution >= 0.6 is 0 Å². The van der Waals surface area contributed by atoms with Crippen molar-refractivity contribution in [1.29, 1.82) is 0 Å². The van der Waals surface area contributed by atoms with E-state index in [9.17, 15) is 0 Å². The first kappa shape index (κ1) is 10.3. The van der Waals surface area contributed by atoms with Crippen molar-refractivity contribution in [3.05, 3.63) is 59.2 Å². The van der Waals surface area contributed by atoms with Crippen molar-refractivity contribution in [2.75, 3.05) is 5.32 Å². The molecule has 0 atom stereocenters. The molecule has 82 valence electrons. The predicted molar refractivity (Wildman–Crippen MR) is 75.5 cm³/mol. The van der Waals surface area contributed by atoms with Gasteiger partial charge in [-0.3, -0.25) is 0 Å². The maximum absolute atomic E-state index is 3.46. The Morgan fingerprint density at radius 1 is 0.941 bits per heavy atom. The summed E-state index contributed by atoms with van der Waals surface area (Å²) >= 11 is 0. The third-order valence-corrected chi connectivity index (χ3v) is 3.39. The van der Waals surface area contributed by atoms with Crippen molar-refractivity contribution >= 4 is 23.7 Å². The Kier molecular flexibility index (Phi) is 2.36. The normalized spacial score (nSPS) is 12.0. The molecule has 1 nitrogen and oxygen atoms in total. The molecule has 0 spiro atoms. The van der Waals surface area contributed by atoms with Crippen LogP contribution in [0, 0.1) is 13.8 Å². The van der Waals surface area contributed by atoms with Crippen LogP contribution in [0.25, 0.3) is 0 Å². The van der Waals surface area contributed by atoms with Crippen molar-refractivity contribution < 1.29 is 0 Å². The second-order valence-electron chi connectivity index (χ2n) is 4.52. The predicted octanol–water partition coefficient (Wildman–Crippen LogP) is 2.24. The van der Waals surface area contributed by atoms with Crippen molar-refractivity contribution in [2.24, 2.45) is 0 Å². The Morgan fingerprint density at radius 3 is 2.47 bits per heavy atom. The molecule has 1 heterocycles. The number of para-hydroxylation sites is 1. The van der Waals surface area contributed by atoms with Crippen LogP contribution in [0.2, 0.25) is 0 Å². The Morgan fingerprint density at radius 2 is 1.71 bits per heavy atom. The van der Waals surface area contributed by atoms with Gasteiger partial charge >= 0.3 is 102 Å². The number of nitrogens with one attached hydrogen (secondary N) is 1. The molecule has 1 N–H and O–H groups in total. The van der Waals surface area contributed by atoms with Crippen LogP contribution in [-0.2, 0) is 0 Å². The number of anilines is 1. The summed E-state index contributed by atoms with van der Waals surface area (Å²) in [5.74, 6) is 0. The summed E-state index contributed by atoms with van der Waals surface area (Å²) in [6.45, 7) is 6.55.